The normalized spacial score (nSPS) is 11.8. The maximum absolute atomic E-state index is 13.1. The van der Waals surface area contributed by atoms with Crippen molar-refractivity contribution in [3.05, 3.63) is 66.2 Å². The number of thioether (sulfide) groups is 1. The standard InChI is InChI=1S/C20H19BrN4O2S2/c1-11(2)8-24-18(27)15-6-13(21)4-5-16(15)23-19(24)29-10-14-7-17(26)25-12(3)9-28-20(25)22-14/h4-7,9,11H,8,10H2,1-3H3. The van der Waals surface area contributed by atoms with E-state index in [1.165, 1.54) is 23.1 Å². The molecule has 0 aliphatic carbocycles. The Labute approximate surface area is 183 Å². The van der Waals surface area contributed by atoms with Crippen LogP contribution >= 0.6 is 39.0 Å². The van der Waals surface area contributed by atoms with Crippen LogP contribution in [0.1, 0.15) is 25.2 Å². The van der Waals surface area contributed by atoms with Crippen molar-refractivity contribution in [2.24, 2.45) is 5.92 Å². The number of fused-ring (bicyclic) bond motifs is 2. The van der Waals surface area contributed by atoms with Crippen LogP contribution in [0.5, 0.6) is 0 Å². The van der Waals surface area contributed by atoms with Gasteiger partial charge < -0.3 is 0 Å². The van der Waals surface area contributed by atoms with E-state index in [-0.39, 0.29) is 11.1 Å². The Hall–Kier alpha value is -1.97. The summed E-state index contributed by atoms with van der Waals surface area (Å²) in [5, 5.41) is 3.16. The number of nitrogens with zero attached hydrogens (tertiary/aromatic N) is 4. The van der Waals surface area contributed by atoms with Crippen LogP contribution in [0.25, 0.3) is 15.9 Å². The summed E-state index contributed by atoms with van der Waals surface area (Å²) in [5.74, 6) is 0.765. The minimum absolute atomic E-state index is 0.0511. The Kier molecular flexibility index (Phi) is 5.63. The summed E-state index contributed by atoms with van der Waals surface area (Å²) < 4.78 is 4.19. The van der Waals surface area contributed by atoms with Gasteiger partial charge in [0, 0.05) is 33.9 Å². The summed E-state index contributed by atoms with van der Waals surface area (Å²) in [6.45, 7) is 6.61. The zero-order chi connectivity index (χ0) is 20.7. The number of hydrogen-bond donors (Lipinski definition) is 0. The molecule has 0 N–H and O–H groups in total. The molecule has 1 aromatic carbocycles. The topological polar surface area (TPSA) is 69.3 Å². The molecular formula is C20H19BrN4O2S2. The molecule has 0 spiro atoms. The molecule has 29 heavy (non-hydrogen) atoms. The van der Waals surface area contributed by atoms with E-state index in [1.54, 1.807) is 15.0 Å². The molecule has 150 valence electrons. The first-order valence-electron chi connectivity index (χ1n) is 9.13. The lowest BCUT2D eigenvalue weighted by atomic mass is 10.2. The minimum Gasteiger partial charge on any atom is -0.287 e. The van der Waals surface area contributed by atoms with Crippen LogP contribution in [-0.4, -0.2) is 18.9 Å². The lowest BCUT2D eigenvalue weighted by molar-refractivity contribution is 0.475. The van der Waals surface area contributed by atoms with Crippen LogP contribution in [0, 0.1) is 12.8 Å². The SMILES string of the molecule is Cc1csc2nc(CSc3nc4ccc(Br)cc4c(=O)n3CC(C)C)cc(=O)n12. The average molecular weight is 491 g/mol. The fourth-order valence-corrected chi connectivity index (χ4v) is 5.28. The van der Waals surface area contributed by atoms with Crippen molar-refractivity contribution >= 4 is 54.9 Å². The molecule has 0 aliphatic heterocycles. The van der Waals surface area contributed by atoms with E-state index < -0.39 is 0 Å². The van der Waals surface area contributed by atoms with E-state index in [9.17, 15) is 9.59 Å². The third kappa shape index (κ3) is 4.04. The first-order valence-corrected chi connectivity index (χ1v) is 11.8. The zero-order valence-corrected chi connectivity index (χ0v) is 19.4. The minimum atomic E-state index is -0.0831. The molecule has 0 atom stereocenters. The summed E-state index contributed by atoms with van der Waals surface area (Å²) in [5.41, 5.74) is 2.10. The van der Waals surface area contributed by atoms with Gasteiger partial charge in [-0.25, -0.2) is 9.97 Å². The molecule has 3 heterocycles. The van der Waals surface area contributed by atoms with Crippen LogP contribution in [0.15, 0.2) is 48.9 Å². The van der Waals surface area contributed by atoms with E-state index in [0.717, 1.165) is 10.2 Å². The smallest absolute Gasteiger partial charge is 0.262 e. The third-order valence-electron chi connectivity index (χ3n) is 4.41. The van der Waals surface area contributed by atoms with Gasteiger partial charge in [0.05, 0.1) is 16.6 Å². The highest BCUT2D eigenvalue weighted by Gasteiger charge is 2.14. The molecule has 3 aromatic heterocycles. The van der Waals surface area contributed by atoms with E-state index in [1.807, 2.05) is 30.5 Å². The second-order valence-corrected chi connectivity index (χ2v) is 9.93. The second-order valence-electron chi connectivity index (χ2n) is 7.23. The van der Waals surface area contributed by atoms with Crippen molar-refractivity contribution < 1.29 is 0 Å². The molecule has 0 saturated heterocycles. The van der Waals surface area contributed by atoms with Crippen molar-refractivity contribution in [3.63, 3.8) is 0 Å². The molecule has 9 heteroatoms. The summed E-state index contributed by atoms with van der Waals surface area (Å²) in [6, 6.07) is 7.09. The molecule has 0 bridgehead atoms. The Morgan fingerprint density at radius 3 is 2.76 bits per heavy atom. The van der Waals surface area contributed by atoms with Crippen LogP contribution in [0.3, 0.4) is 0 Å². The quantitative estimate of drug-likeness (QED) is 0.304. The highest BCUT2D eigenvalue weighted by Crippen LogP contribution is 2.24. The predicted octanol–water partition coefficient (Wildman–Crippen LogP) is 4.49. The molecular weight excluding hydrogens is 472 g/mol. The summed E-state index contributed by atoms with van der Waals surface area (Å²) in [6.07, 6.45) is 0. The number of thiazole rings is 1. The first-order chi connectivity index (χ1) is 13.8. The molecule has 0 unspecified atom stereocenters. The zero-order valence-electron chi connectivity index (χ0n) is 16.2. The first kappa shape index (κ1) is 20.3. The largest absolute Gasteiger partial charge is 0.287 e. The van der Waals surface area contributed by atoms with Gasteiger partial charge in [0.25, 0.3) is 11.1 Å². The Morgan fingerprint density at radius 1 is 1.21 bits per heavy atom. The molecule has 0 fully saturated rings. The van der Waals surface area contributed by atoms with Gasteiger partial charge in [0.15, 0.2) is 10.1 Å². The van der Waals surface area contributed by atoms with Crippen LogP contribution in [-0.2, 0) is 12.3 Å². The Balaban J connectivity index is 1.74. The number of aromatic nitrogens is 4. The van der Waals surface area contributed by atoms with Crippen molar-refractivity contribution in [3.8, 4) is 0 Å². The molecule has 0 amide bonds. The van der Waals surface area contributed by atoms with Crippen LogP contribution in [0.2, 0.25) is 0 Å². The number of benzene rings is 1. The van der Waals surface area contributed by atoms with Crippen molar-refractivity contribution in [2.45, 2.75) is 38.2 Å². The van der Waals surface area contributed by atoms with Gasteiger partial charge in [-0.05, 0) is 31.0 Å². The molecule has 0 radical (unpaired) electrons. The lowest BCUT2D eigenvalue weighted by Crippen LogP contribution is -2.25. The molecule has 4 rings (SSSR count). The third-order valence-corrected chi connectivity index (χ3v) is 6.85. The Morgan fingerprint density at radius 2 is 2.00 bits per heavy atom. The highest BCUT2D eigenvalue weighted by atomic mass is 79.9. The van der Waals surface area contributed by atoms with E-state index in [2.05, 4.69) is 34.8 Å². The van der Waals surface area contributed by atoms with Crippen LogP contribution in [0.4, 0.5) is 0 Å². The number of rotatable bonds is 5. The Bertz CT molecular complexity index is 1340. The maximum atomic E-state index is 13.1. The van der Waals surface area contributed by atoms with Gasteiger partial charge in [-0.15, -0.1) is 11.3 Å². The molecule has 4 aromatic rings. The van der Waals surface area contributed by atoms with Crippen LogP contribution < -0.4 is 11.1 Å². The molecule has 6 nitrogen and oxygen atoms in total. The van der Waals surface area contributed by atoms with Crippen molar-refractivity contribution in [2.75, 3.05) is 0 Å². The van der Waals surface area contributed by atoms with E-state index in [0.29, 0.717) is 44.9 Å². The van der Waals surface area contributed by atoms with Gasteiger partial charge in [-0.2, -0.15) is 0 Å². The van der Waals surface area contributed by atoms with Crippen molar-refractivity contribution in [1.29, 1.82) is 0 Å². The fourth-order valence-electron chi connectivity index (χ4n) is 3.12. The van der Waals surface area contributed by atoms with Gasteiger partial charge in [-0.1, -0.05) is 41.5 Å². The number of aryl methyl sites for hydroxylation is 1. The van der Waals surface area contributed by atoms with E-state index in [4.69, 9.17) is 4.98 Å². The fraction of sp³-hybridized carbons (Fsp3) is 0.300. The monoisotopic (exact) mass is 490 g/mol. The van der Waals surface area contributed by atoms with Gasteiger partial charge in [0.1, 0.15) is 0 Å². The van der Waals surface area contributed by atoms with Gasteiger partial charge >= 0.3 is 0 Å². The maximum Gasteiger partial charge on any atom is 0.262 e. The summed E-state index contributed by atoms with van der Waals surface area (Å²) >= 11 is 6.31. The molecule has 0 aliphatic rings. The number of halogens is 1. The lowest BCUT2D eigenvalue weighted by Gasteiger charge is -2.15. The van der Waals surface area contributed by atoms with Gasteiger partial charge in [0.2, 0.25) is 0 Å². The average Bonchev–Trinajstić information content (AvgIpc) is 3.04. The predicted molar refractivity (Wildman–Crippen MR) is 122 cm³/mol. The van der Waals surface area contributed by atoms with Gasteiger partial charge in [-0.3, -0.25) is 18.6 Å². The summed E-state index contributed by atoms with van der Waals surface area (Å²) in [7, 11) is 0. The molecule has 0 saturated carbocycles. The highest BCUT2D eigenvalue weighted by molar-refractivity contribution is 9.10. The van der Waals surface area contributed by atoms with E-state index >= 15 is 0 Å². The summed E-state index contributed by atoms with van der Waals surface area (Å²) in [4.78, 5) is 35.5. The van der Waals surface area contributed by atoms with Crippen molar-refractivity contribution in [1.82, 2.24) is 18.9 Å². The second kappa shape index (κ2) is 8.04. The number of hydrogen-bond acceptors (Lipinski definition) is 6.